The van der Waals surface area contributed by atoms with Crippen molar-refractivity contribution in [2.24, 2.45) is 0 Å². The maximum Gasteiger partial charge on any atom is 0.231 e. The van der Waals surface area contributed by atoms with Gasteiger partial charge in [-0.25, -0.2) is 4.98 Å². The lowest BCUT2D eigenvalue weighted by Crippen LogP contribution is -2.39. The molecular weight excluding hydrogens is 350 g/mol. The third-order valence-corrected chi connectivity index (χ3v) is 6.32. The summed E-state index contributed by atoms with van der Waals surface area (Å²) in [6.45, 7) is 1.95. The maximum atomic E-state index is 12.7. The van der Waals surface area contributed by atoms with E-state index in [2.05, 4.69) is 10.3 Å². The van der Waals surface area contributed by atoms with Crippen molar-refractivity contribution >= 4 is 17.2 Å². The van der Waals surface area contributed by atoms with Crippen LogP contribution in [0.3, 0.4) is 0 Å². The fourth-order valence-corrected chi connectivity index (χ4v) is 4.80. The minimum Gasteiger partial charge on any atom is -0.454 e. The summed E-state index contributed by atoms with van der Waals surface area (Å²) in [6, 6.07) is 6.89. The minimum absolute atomic E-state index is 0.182. The van der Waals surface area contributed by atoms with Crippen LogP contribution in [-0.2, 0) is 11.2 Å². The van der Waals surface area contributed by atoms with E-state index in [4.69, 9.17) is 9.47 Å². The van der Waals surface area contributed by atoms with E-state index in [-0.39, 0.29) is 12.7 Å². The molecule has 2 bridgehead atoms. The zero-order valence-electron chi connectivity index (χ0n) is 14.4. The summed E-state index contributed by atoms with van der Waals surface area (Å²) in [5.41, 5.74) is 1.84. The Bertz CT molecular complexity index is 837. The molecule has 1 aromatic carbocycles. The summed E-state index contributed by atoms with van der Waals surface area (Å²) < 4.78 is 10.8. The fraction of sp³-hybridized carbons (Fsp3) is 0.474. The number of carbonyl (C=O) groups is 1. The fourth-order valence-electron chi connectivity index (χ4n) is 3.99. The zero-order chi connectivity index (χ0) is 17.5. The Morgan fingerprint density at radius 1 is 1.23 bits per heavy atom. The third-order valence-electron chi connectivity index (χ3n) is 5.38. The Morgan fingerprint density at radius 3 is 3.08 bits per heavy atom. The molecule has 0 radical (unpaired) electrons. The van der Waals surface area contributed by atoms with Crippen molar-refractivity contribution in [3.63, 3.8) is 0 Å². The highest BCUT2D eigenvalue weighted by molar-refractivity contribution is 7.13. The van der Waals surface area contributed by atoms with E-state index in [1.807, 2.05) is 28.5 Å². The van der Waals surface area contributed by atoms with Crippen molar-refractivity contribution in [2.45, 2.75) is 37.8 Å². The summed E-state index contributed by atoms with van der Waals surface area (Å²) in [5, 5.41) is 6.51. The number of benzene rings is 1. The molecule has 3 aliphatic rings. The Balaban J connectivity index is 1.27. The molecule has 1 N–H and O–H groups in total. The van der Waals surface area contributed by atoms with Crippen LogP contribution in [0.1, 0.15) is 25.0 Å². The Kier molecular flexibility index (Phi) is 4.05. The van der Waals surface area contributed by atoms with Gasteiger partial charge in [-0.05, 0) is 37.5 Å². The molecular formula is C19H21N3O3S. The quantitative estimate of drug-likeness (QED) is 0.898. The average Bonchev–Trinajstić information content (AvgIpc) is 3.34. The lowest BCUT2D eigenvalue weighted by molar-refractivity contribution is -0.130. The Hall–Kier alpha value is -2.12. The van der Waals surface area contributed by atoms with Crippen LogP contribution in [0.25, 0.3) is 10.6 Å². The molecule has 2 unspecified atom stereocenters. The highest BCUT2D eigenvalue weighted by atomic mass is 32.1. The van der Waals surface area contributed by atoms with Gasteiger partial charge in [0.15, 0.2) is 11.5 Å². The van der Waals surface area contributed by atoms with Gasteiger partial charge in [-0.2, -0.15) is 0 Å². The molecule has 0 aliphatic carbocycles. The lowest BCUT2D eigenvalue weighted by Gasteiger charge is -2.24. The molecule has 2 fully saturated rings. The van der Waals surface area contributed by atoms with Crippen LogP contribution in [0.4, 0.5) is 0 Å². The summed E-state index contributed by atoms with van der Waals surface area (Å²) in [4.78, 5) is 19.4. The summed E-state index contributed by atoms with van der Waals surface area (Å²) >= 11 is 1.56. The maximum absolute atomic E-state index is 12.7. The summed E-state index contributed by atoms with van der Waals surface area (Å²) in [5.74, 6) is 1.70. The second-order valence-corrected chi connectivity index (χ2v) is 8.01. The van der Waals surface area contributed by atoms with Crippen LogP contribution in [0.15, 0.2) is 23.6 Å². The molecule has 136 valence electrons. The number of hydrogen-bond donors (Lipinski definition) is 1. The smallest absolute Gasteiger partial charge is 0.231 e. The number of fused-ring (bicyclic) bond motifs is 3. The van der Waals surface area contributed by atoms with E-state index in [0.717, 1.165) is 47.3 Å². The van der Waals surface area contributed by atoms with Gasteiger partial charge in [0.25, 0.3) is 0 Å². The monoisotopic (exact) mass is 371 g/mol. The largest absolute Gasteiger partial charge is 0.454 e. The molecule has 3 aliphatic heterocycles. The van der Waals surface area contributed by atoms with Crippen molar-refractivity contribution in [1.29, 1.82) is 0 Å². The van der Waals surface area contributed by atoms with Gasteiger partial charge in [0.05, 0.1) is 12.1 Å². The molecule has 5 rings (SSSR count). The first kappa shape index (κ1) is 16.1. The molecule has 0 saturated carbocycles. The Labute approximate surface area is 156 Å². The molecule has 2 aromatic rings. The average molecular weight is 371 g/mol. The van der Waals surface area contributed by atoms with Crippen molar-refractivity contribution in [2.75, 3.05) is 19.9 Å². The molecule has 4 heterocycles. The van der Waals surface area contributed by atoms with Gasteiger partial charge in [-0.15, -0.1) is 11.3 Å². The van der Waals surface area contributed by atoms with Crippen LogP contribution in [-0.4, -0.2) is 47.8 Å². The topological polar surface area (TPSA) is 63.7 Å². The molecule has 1 amide bonds. The standard InChI is InChI=1S/C19H21N3O3S/c23-18(22-6-5-13-2-3-14(9-22)20-13)8-15-10-26-19(21-15)12-1-4-16-17(7-12)25-11-24-16/h1,4,7,10,13-14,20H,2-3,5-6,8-9,11H2. The molecule has 1 aromatic heterocycles. The van der Waals surface area contributed by atoms with E-state index < -0.39 is 0 Å². The number of aromatic nitrogens is 1. The van der Waals surface area contributed by atoms with Crippen LogP contribution in [0, 0.1) is 0 Å². The number of nitrogens with one attached hydrogen (secondary N) is 1. The molecule has 0 spiro atoms. The van der Waals surface area contributed by atoms with Gasteiger partial charge in [0.2, 0.25) is 12.7 Å². The second-order valence-electron chi connectivity index (χ2n) is 7.16. The number of carbonyl (C=O) groups excluding carboxylic acids is 1. The SMILES string of the molecule is O=C(Cc1csc(-c2ccc3c(c2)OCO3)n1)N1CCC2CCC(C1)N2. The van der Waals surface area contributed by atoms with E-state index in [0.29, 0.717) is 18.5 Å². The van der Waals surface area contributed by atoms with E-state index >= 15 is 0 Å². The third kappa shape index (κ3) is 3.05. The molecule has 6 nitrogen and oxygen atoms in total. The van der Waals surface area contributed by atoms with Crippen molar-refractivity contribution < 1.29 is 14.3 Å². The number of amides is 1. The van der Waals surface area contributed by atoms with Crippen LogP contribution in [0.2, 0.25) is 0 Å². The van der Waals surface area contributed by atoms with E-state index in [1.165, 1.54) is 12.8 Å². The first-order valence-electron chi connectivity index (χ1n) is 9.13. The van der Waals surface area contributed by atoms with Gasteiger partial charge >= 0.3 is 0 Å². The molecule has 2 atom stereocenters. The zero-order valence-corrected chi connectivity index (χ0v) is 15.3. The molecule has 7 heteroatoms. The lowest BCUT2D eigenvalue weighted by atomic mass is 10.1. The second kappa shape index (κ2) is 6.55. The minimum atomic E-state index is 0.182. The normalized spacial score (nSPS) is 23.9. The van der Waals surface area contributed by atoms with Crippen molar-refractivity contribution in [3.8, 4) is 22.1 Å². The van der Waals surface area contributed by atoms with Gasteiger partial charge in [0, 0.05) is 36.1 Å². The van der Waals surface area contributed by atoms with Gasteiger partial charge in [-0.1, -0.05) is 0 Å². The van der Waals surface area contributed by atoms with Gasteiger partial charge in [-0.3, -0.25) is 4.79 Å². The number of likely N-dealkylation sites (tertiary alicyclic amines) is 1. The number of nitrogens with zero attached hydrogens (tertiary/aromatic N) is 2. The number of ether oxygens (including phenoxy) is 2. The summed E-state index contributed by atoms with van der Waals surface area (Å²) in [6.07, 6.45) is 3.86. The number of hydrogen-bond acceptors (Lipinski definition) is 6. The molecule has 26 heavy (non-hydrogen) atoms. The highest BCUT2D eigenvalue weighted by Crippen LogP contribution is 2.36. The first-order valence-corrected chi connectivity index (χ1v) is 10.0. The number of thiazole rings is 1. The predicted molar refractivity (Wildman–Crippen MR) is 98.5 cm³/mol. The van der Waals surface area contributed by atoms with E-state index in [9.17, 15) is 4.79 Å². The van der Waals surface area contributed by atoms with Gasteiger partial charge < -0.3 is 19.7 Å². The van der Waals surface area contributed by atoms with Crippen LogP contribution < -0.4 is 14.8 Å². The van der Waals surface area contributed by atoms with Crippen LogP contribution >= 0.6 is 11.3 Å². The predicted octanol–water partition coefficient (Wildman–Crippen LogP) is 2.43. The van der Waals surface area contributed by atoms with E-state index in [1.54, 1.807) is 11.3 Å². The van der Waals surface area contributed by atoms with Crippen LogP contribution in [0.5, 0.6) is 11.5 Å². The van der Waals surface area contributed by atoms with Crippen molar-refractivity contribution in [3.05, 3.63) is 29.3 Å². The first-order chi connectivity index (χ1) is 12.7. The highest BCUT2D eigenvalue weighted by Gasteiger charge is 2.31. The van der Waals surface area contributed by atoms with Crippen molar-refractivity contribution in [1.82, 2.24) is 15.2 Å². The summed E-state index contributed by atoms with van der Waals surface area (Å²) in [7, 11) is 0. The number of rotatable bonds is 3. The Morgan fingerprint density at radius 2 is 2.12 bits per heavy atom. The van der Waals surface area contributed by atoms with Gasteiger partial charge in [0.1, 0.15) is 5.01 Å². The molecule has 2 saturated heterocycles.